The van der Waals surface area contributed by atoms with Gasteiger partial charge in [-0.1, -0.05) is 25.6 Å². The van der Waals surface area contributed by atoms with Crippen molar-refractivity contribution in [1.82, 2.24) is 9.55 Å². The largest absolute Gasteiger partial charge is 0.481 e. The van der Waals surface area contributed by atoms with Crippen LogP contribution >= 0.6 is 11.8 Å². The van der Waals surface area contributed by atoms with Crippen molar-refractivity contribution >= 4 is 28.8 Å². The number of nitrogens with zero attached hydrogens (tertiary/aromatic N) is 2. The standard InChI is InChI=1S/C14H17FN2O2S/c1-3-10(4-2)17-12-7-9(15)5-6-11(12)16-14(17)20-8-13(18)19/h5-7,10H,3-4,8H2,1-2H3,(H,18,19). The lowest BCUT2D eigenvalue weighted by Crippen LogP contribution is -2.09. The Labute approximate surface area is 121 Å². The average molecular weight is 296 g/mol. The van der Waals surface area contributed by atoms with Gasteiger partial charge in [-0.15, -0.1) is 0 Å². The number of imidazole rings is 1. The molecule has 0 fully saturated rings. The number of fused-ring (bicyclic) bond motifs is 1. The zero-order chi connectivity index (χ0) is 14.7. The van der Waals surface area contributed by atoms with Gasteiger partial charge in [0.1, 0.15) is 5.82 Å². The molecule has 1 aromatic carbocycles. The molecular weight excluding hydrogens is 279 g/mol. The number of hydrogen-bond acceptors (Lipinski definition) is 3. The summed E-state index contributed by atoms with van der Waals surface area (Å²) in [5.74, 6) is -1.24. The van der Waals surface area contributed by atoms with E-state index in [4.69, 9.17) is 5.11 Å². The Morgan fingerprint density at radius 3 is 2.75 bits per heavy atom. The van der Waals surface area contributed by atoms with Crippen LogP contribution in [0.5, 0.6) is 0 Å². The number of benzene rings is 1. The monoisotopic (exact) mass is 296 g/mol. The number of aromatic nitrogens is 2. The van der Waals surface area contributed by atoms with E-state index >= 15 is 0 Å². The molecule has 0 spiro atoms. The second kappa shape index (κ2) is 6.26. The minimum Gasteiger partial charge on any atom is -0.481 e. The summed E-state index contributed by atoms with van der Waals surface area (Å²) in [7, 11) is 0. The second-order valence-electron chi connectivity index (χ2n) is 4.55. The number of aliphatic carboxylic acids is 1. The second-order valence-corrected chi connectivity index (χ2v) is 5.49. The van der Waals surface area contributed by atoms with E-state index in [1.807, 2.05) is 4.57 Å². The van der Waals surface area contributed by atoms with Gasteiger partial charge in [-0.25, -0.2) is 9.37 Å². The SMILES string of the molecule is CCC(CC)n1c(SCC(=O)O)nc2ccc(F)cc21. The Morgan fingerprint density at radius 2 is 2.15 bits per heavy atom. The molecule has 0 atom stereocenters. The number of hydrogen-bond donors (Lipinski definition) is 1. The molecule has 1 N–H and O–H groups in total. The van der Waals surface area contributed by atoms with Gasteiger partial charge in [-0.2, -0.15) is 0 Å². The van der Waals surface area contributed by atoms with Gasteiger partial charge in [0.05, 0.1) is 16.8 Å². The number of thioether (sulfide) groups is 1. The molecular formula is C14H17FN2O2S. The number of rotatable bonds is 6. The van der Waals surface area contributed by atoms with Crippen LogP contribution in [0.4, 0.5) is 4.39 Å². The number of carboxylic acid groups (broad SMARTS) is 1. The first kappa shape index (κ1) is 14.8. The molecule has 2 rings (SSSR count). The van der Waals surface area contributed by atoms with Crippen LogP contribution in [-0.2, 0) is 4.79 Å². The van der Waals surface area contributed by atoms with E-state index in [0.29, 0.717) is 10.7 Å². The summed E-state index contributed by atoms with van der Waals surface area (Å²) >= 11 is 1.18. The molecule has 20 heavy (non-hydrogen) atoms. The predicted octanol–water partition coefficient (Wildman–Crippen LogP) is 3.71. The van der Waals surface area contributed by atoms with Crippen LogP contribution in [0.25, 0.3) is 11.0 Å². The normalized spacial score (nSPS) is 11.4. The highest BCUT2D eigenvalue weighted by molar-refractivity contribution is 7.99. The lowest BCUT2D eigenvalue weighted by atomic mass is 10.1. The molecule has 0 aliphatic heterocycles. The molecule has 0 aliphatic carbocycles. The van der Waals surface area contributed by atoms with Gasteiger partial charge in [0.25, 0.3) is 0 Å². The first-order valence-corrected chi connectivity index (χ1v) is 7.57. The van der Waals surface area contributed by atoms with Crippen LogP contribution < -0.4 is 0 Å². The fraction of sp³-hybridized carbons (Fsp3) is 0.429. The predicted molar refractivity (Wildman–Crippen MR) is 77.7 cm³/mol. The minimum absolute atomic E-state index is 0.0497. The third-order valence-corrected chi connectivity index (χ3v) is 4.19. The third kappa shape index (κ3) is 2.95. The van der Waals surface area contributed by atoms with Crippen molar-refractivity contribution in [2.45, 2.75) is 37.9 Å². The first-order valence-electron chi connectivity index (χ1n) is 6.58. The highest BCUT2D eigenvalue weighted by Gasteiger charge is 2.18. The molecule has 108 valence electrons. The fourth-order valence-electron chi connectivity index (χ4n) is 2.28. The molecule has 0 aliphatic rings. The number of halogens is 1. The molecule has 2 aromatic rings. The maximum absolute atomic E-state index is 13.5. The zero-order valence-corrected chi connectivity index (χ0v) is 12.3. The Bertz CT molecular complexity index is 623. The topological polar surface area (TPSA) is 55.1 Å². The summed E-state index contributed by atoms with van der Waals surface area (Å²) in [5, 5.41) is 9.46. The molecule has 0 radical (unpaired) electrons. The molecule has 0 bridgehead atoms. The molecule has 0 unspecified atom stereocenters. The van der Waals surface area contributed by atoms with E-state index in [9.17, 15) is 9.18 Å². The molecule has 6 heteroatoms. The zero-order valence-electron chi connectivity index (χ0n) is 11.5. The molecule has 0 amide bonds. The summed E-state index contributed by atoms with van der Waals surface area (Å²) in [4.78, 5) is 15.2. The van der Waals surface area contributed by atoms with E-state index in [0.717, 1.165) is 18.4 Å². The smallest absolute Gasteiger partial charge is 0.313 e. The third-order valence-electron chi connectivity index (χ3n) is 3.25. The summed E-state index contributed by atoms with van der Waals surface area (Å²) < 4.78 is 15.4. The average Bonchev–Trinajstić information content (AvgIpc) is 2.76. The van der Waals surface area contributed by atoms with E-state index in [1.54, 1.807) is 6.07 Å². The molecule has 0 saturated carbocycles. The fourth-order valence-corrected chi connectivity index (χ4v) is 3.08. The van der Waals surface area contributed by atoms with E-state index < -0.39 is 5.97 Å². The Balaban J connectivity index is 2.53. The van der Waals surface area contributed by atoms with Gasteiger partial charge in [0.15, 0.2) is 5.16 Å². The van der Waals surface area contributed by atoms with Gasteiger partial charge < -0.3 is 9.67 Å². The van der Waals surface area contributed by atoms with Crippen LogP contribution in [0.3, 0.4) is 0 Å². The summed E-state index contributed by atoms with van der Waals surface area (Å²) in [5.41, 5.74) is 1.43. The maximum atomic E-state index is 13.5. The van der Waals surface area contributed by atoms with Crippen LogP contribution in [0.1, 0.15) is 32.7 Å². The molecule has 1 heterocycles. The van der Waals surface area contributed by atoms with Crippen molar-refractivity contribution in [1.29, 1.82) is 0 Å². The van der Waals surface area contributed by atoms with E-state index in [2.05, 4.69) is 18.8 Å². The van der Waals surface area contributed by atoms with Gasteiger partial charge in [-0.05, 0) is 31.0 Å². The molecule has 0 saturated heterocycles. The van der Waals surface area contributed by atoms with Gasteiger partial charge >= 0.3 is 5.97 Å². The van der Waals surface area contributed by atoms with Crippen LogP contribution in [0.2, 0.25) is 0 Å². The van der Waals surface area contributed by atoms with E-state index in [1.165, 1.54) is 23.9 Å². The Kier molecular flexibility index (Phi) is 4.65. The Morgan fingerprint density at radius 1 is 1.45 bits per heavy atom. The lowest BCUT2D eigenvalue weighted by molar-refractivity contribution is -0.133. The lowest BCUT2D eigenvalue weighted by Gasteiger charge is -2.18. The quantitative estimate of drug-likeness (QED) is 0.826. The van der Waals surface area contributed by atoms with Crippen molar-refractivity contribution in [3.05, 3.63) is 24.0 Å². The van der Waals surface area contributed by atoms with Crippen LogP contribution in [-0.4, -0.2) is 26.4 Å². The number of carboxylic acids is 1. The van der Waals surface area contributed by atoms with Crippen molar-refractivity contribution in [2.24, 2.45) is 0 Å². The van der Waals surface area contributed by atoms with E-state index in [-0.39, 0.29) is 17.6 Å². The number of carbonyl (C=O) groups is 1. The van der Waals surface area contributed by atoms with Gasteiger partial charge in [-0.3, -0.25) is 4.79 Å². The highest BCUT2D eigenvalue weighted by Crippen LogP contribution is 2.31. The molecule has 1 aromatic heterocycles. The van der Waals surface area contributed by atoms with Crippen molar-refractivity contribution < 1.29 is 14.3 Å². The first-order chi connectivity index (χ1) is 9.56. The van der Waals surface area contributed by atoms with Crippen molar-refractivity contribution in [3.8, 4) is 0 Å². The minimum atomic E-state index is -0.885. The molecule has 4 nitrogen and oxygen atoms in total. The van der Waals surface area contributed by atoms with Crippen LogP contribution in [0.15, 0.2) is 23.4 Å². The Hall–Kier alpha value is -1.56. The maximum Gasteiger partial charge on any atom is 0.313 e. The van der Waals surface area contributed by atoms with Crippen molar-refractivity contribution in [2.75, 3.05) is 5.75 Å². The highest BCUT2D eigenvalue weighted by atomic mass is 32.2. The van der Waals surface area contributed by atoms with Crippen molar-refractivity contribution in [3.63, 3.8) is 0 Å². The van der Waals surface area contributed by atoms with Gasteiger partial charge in [0, 0.05) is 6.04 Å². The summed E-state index contributed by atoms with van der Waals surface area (Å²) in [6.07, 6.45) is 1.78. The summed E-state index contributed by atoms with van der Waals surface area (Å²) in [6, 6.07) is 4.66. The summed E-state index contributed by atoms with van der Waals surface area (Å²) in [6.45, 7) is 4.12. The van der Waals surface area contributed by atoms with Gasteiger partial charge in [0.2, 0.25) is 0 Å². The van der Waals surface area contributed by atoms with Crippen LogP contribution in [0, 0.1) is 5.82 Å².